The van der Waals surface area contributed by atoms with Crippen molar-refractivity contribution < 1.29 is 4.74 Å². The Bertz CT molecular complexity index is 548. The Kier molecular flexibility index (Phi) is 5.82. The summed E-state index contributed by atoms with van der Waals surface area (Å²) in [4.78, 5) is 0. The van der Waals surface area contributed by atoms with E-state index in [-0.39, 0.29) is 6.04 Å². The van der Waals surface area contributed by atoms with Crippen molar-refractivity contribution in [2.45, 2.75) is 39.2 Å². The maximum Gasteiger partial charge on any atom is 0.132 e. The second-order valence-electron chi connectivity index (χ2n) is 5.40. The summed E-state index contributed by atoms with van der Waals surface area (Å²) < 4.78 is 6.05. The lowest BCUT2D eigenvalue weighted by Gasteiger charge is -2.16. The number of unbranched alkanes of at least 4 members (excludes halogenated alkanes) is 1. The molecule has 0 aliphatic rings. The van der Waals surface area contributed by atoms with Gasteiger partial charge in [0, 0.05) is 11.6 Å². The third-order valence-electron chi connectivity index (χ3n) is 3.79. The lowest BCUT2D eigenvalue weighted by molar-refractivity contribution is 0.466. The third kappa shape index (κ3) is 4.33. The van der Waals surface area contributed by atoms with Crippen LogP contribution >= 0.6 is 0 Å². The van der Waals surface area contributed by atoms with Crippen LogP contribution in [0.5, 0.6) is 11.5 Å². The third-order valence-corrected chi connectivity index (χ3v) is 3.79. The molecule has 1 unspecified atom stereocenters. The SMILES string of the molecule is CCCCc1ccc(Oc2ccccc2C(C)NC)cc1. The van der Waals surface area contributed by atoms with E-state index in [1.165, 1.54) is 24.0 Å². The Morgan fingerprint density at radius 3 is 2.43 bits per heavy atom. The Morgan fingerprint density at radius 1 is 1.05 bits per heavy atom. The van der Waals surface area contributed by atoms with Gasteiger partial charge in [0.2, 0.25) is 0 Å². The summed E-state index contributed by atoms with van der Waals surface area (Å²) in [6, 6.07) is 16.9. The van der Waals surface area contributed by atoms with Gasteiger partial charge in [-0.15, -0.1) is 0 Å². The zero-order valence-corrected chi connectivity index (χ0v) is 13.2. The van der Waals surface area contributed by atoms with Crippen LogP contribution in [0.2, 0.25) is 0 Å². The van der Waals surface area contributed by atoms with Crippen molar-refractivity contribution >= 4 is 0 Å². The molecule has 2 aromatic carbocycles. The van der Waals surface area contributed by atoms with Crippen LogP contribution in [-0.2, 0) is 6.42 Å². The summed E-state index contributed by atoms with van der Waals surface area (Å²) >= 11 is 0. The van der Waals surface area contributed by atoms with Gasteiger partial charge in [0.15, 0.2) is 0 Å². The highest BCUT2D eigenvalue weighted by Crippen LogP contribution is 2.29. The van der Waals surface area contributed by atoms with Crippen molar-refractivity contribution in [1.29, 1.82) is 0 Å². The van der Waals surface area contributed by atoms with E-state index >= 15 is 0 Å². The molecule has 0 heterocycles. The Hall–Kier alpha value is -1.80. The van der Waals surface area contributed by atoms with E-state index in [2.05, 4.69) is 49.5 Å². The minimum Gasteiger partial charge on any atom is -0.457 e. The Morgan fingerprint density at radius 2 is 1.76 bits per heavy atom. The number of para-hydroxylation sites is 1. The maximum atomic E-state index is 6.05. The number of rotatable bonds is 7. The maximum absolute atomic E-state index is 6.05. The van der Waals surface area contributed by atoms with Crippen molar-refractivity contribution in [1.82, 2.24) is 5.32 Å². The van der Waals surface area contributed by atoms with Crippen LogP contribution in [0.4, 0.5) is 0 Å². The van der Waals surface area contributed by atoms with Gasteiger partial charge in [0.25, 0.3) is 0 Å². The number of ether oxygens (including phenoxy) is 1. The number of nitrogens with one attached hydrogen (secondary N) is 1. The molecule has 0 bridgehead atoms. The number of hydrogen-bond donors (Lipinski definition) is 1. The fraction of sp³-hybridized carbons (Fsp3) is 0.368. The minimum atomic E-state index is 0.269. The molecular formula is C19H25NO. The average molecular weight is 283 g/mol. The van der Waals surface area contributed by atoms with E-state index in [1.807, 2.05) is 25.2 Å². The molecule has 0 fully saturated rings. The highest BCUT2D eigenvalue weighted by molar-refractivity contribution is 5.40. The van der Waals surface area contributed by atoms with E-state index in [0.717, 1.165) is 17.9 Å². The molecule has 0 aliphatic heterocycles. The van der Waals surface area contributed by atoms with Crippen LogP contribution in [0.25, 0.3) is 0 Å². The van der Waals surface area contributed by atoms with Gasteiger partial charge in [-0.25, -0.2) is 0 Å². The lowest BCUT2D eigenvalue weighted by atomic mass is 10.1. The van der Waals surface area contributed by atoms with Gasteiger partial charge >= 0.3 is 0 Å². The lowest BCUT2D eigenvalue weighted by Crippen LogP contribution is -2.13. The van der Waals surface area contributed by atoms with E-state index < -0.39 is 0 Å². The first-order chi connectivity index (χ1) is 10.2. The Balaban J connectivity index is 2.11. The predicted octanol–water partition coefficient (Wildman–Crippen LogP) is 5.10. The highest BCUT2D eigenvalue weighted by Gasteiger charge is 2.09. The summed E-state index contributed by atoms with van der Waals surface area (Å²) in [6.45, 7) is 4.35. The summed E-state index contributed by atoms with van der Waals surface area (Å²) in [5, 5.41) is 3.26. The van der Waals surface area contributed by atoms with Gasteiger partial charge in [-0.3, -0.25) is 0 Å². The molecule has 112 valence electrons. The van der Waals surface area contributed by atoms with E-state index in [1.54, 1.807) is 0 Å². The first-order valence-corrected chi connectivity index (χ1v) is 7.77. The summed E-state index contributed by atoms with van der Waals surface area (Å²) in [6.07, 6.45) is 3.61. The summed E-state index contributed by atoms with van der Waals surface area (Å²) in [5.41, 5.74) is 2.55. The fourth-order valence-electron chi connectivity index (χ4n) is 2.32. The molecule has 1 atom stereocenters. The van der Waals surface area contributed by atoms with Crippen molar-refractivity contribution in [3.8, 4) is 11.5 Å². The molecule has 0 aromatic heterocycles. The molecular weight excluding hydrogens is 258 g/mol. The van der Waals surface area contributed by atoms with Crippen LogP contribution in [0.1, 0.15) is 43.9 Å². The number of aryl methyl sites for hydroxylation is 1. The van der Waals surface area contributed by atoms with Crippen molar-refractivity contribution in [3.05, 3.63) is 59.7 Å². The number of hydrogen-bond acceptors (Lipinski definition) is 2. The molecule has 0 radical (unpaired) electrons. The quantitative estimate of drug-likeness (QED) is 0.763. The second-order valence-corrected chi connectivity index (χ2v) is 5.40. The van der Waals surface area contributed by atoms with Gasteiger partial charge in [-0.05, 0) is 50.6 Å². The number of benzene rings is 2. The zero-order valence-electron chi connectivity index (χ0n) is 13.2. The molecule has 0 aliphatic carbocycles. The largest absolute Gasteiger partial charge is 0.457 e. The van der Waals surface area contributed by atoms with Crippen LogP contribution in [0.15, 0.2) is 48.5 Å². The van der Waals surface area contributed by atoms with E-state index in [4.69, 9.17) is 4.74 Å². The van der Waals surface area contributed by atoms with E-state index in [9.17, 15) is 0 Å². The van der Waals surface area contributed by atoms with Crippen molar-refractivity contribution in [3.63, 3.8) is 0 Å². The van der Waals surface area contributed by atoms with Gasteiger partial charge in [0.05, 0.1) is 0 Å². The Labute approximate surface area is 128 Å². The molecule has 0 amide bonds. The fourth-order valence-corrected chi connectivity index (χ4v) is 2.32. The smallest absolute Gasteiger partial charge is 0.132 e. The topological polar surface area (TPSA) is 21.3 Å². The molecule has 1 N–H and O–H groups in total. The van der Waals surface area contributed by atoms with Crippen molar-refractivity contribution in [2.24, 2.45) is 0 Å². The molecule has 0 saturated carbocycles. The van der Waals surface area contributed by atoms with Gasteiger partial charge in [-0.1, -0.05) is 43.7 Å². The highest BCUT2D eigenvalue weighted by atomic mass is 16.5. The first kappa shape index (κ1) is 15.6. The van der Waals surface area contributed by atoms with Gasteiger partial charge in [-0.2, -0.15) is 0 Å². The van der Waals surface area contributed by atoms with Crippen LogP contribution in [0.3, 0.4) is 0 Å². The van der Waals surface area contributed by atoms with E-state index in [0.29, 0.717) is 0 Å². The molecule has 21 heavy (non-hydrogen) atoms. The average Bonchev–Trinajstić information content (AvgIpc) is 2.54. The molecule has 2 nitrogen and oxygen atoms in total. The first-order valence-electron chi connectivity index (χ1n) is 7.77. The van der Waals surface area contributed by atoms with Gasteiger partial charge < -0.3 is 10.1 Å². The molecule has 0 spiro atoms. The molecule has 2 aromatic rings. The molecule has 2 rings (SSSR count). The van der Waals surface area contributed by atoms with Gasteiger partial charge in [0.1, 0.15) is 11.5 Å². The minimum absolute atomic E-state index is 0.269. The standard InChI is InChI=1S/C19H25NO/c1-4-5-8-16-11-13-17(14-12-16)21-19-10-7-6-9-18(19)15(2)20-3/h6-7,9-15,20H,4-5,8H2,1-3H3. The summed E-state index contributed by atoms with van der Waals surface area (Å²) in [5.74, 6) is 1.81. The predicted molar refractivity (Wildman–Crippen MR) is 89.0 cm³/mol. The molecule has 0 saturated heterocycles. The van der Waals surface area contributed by atoms with Crippen LogP contribution in [0, 0.1) is 0 Å². The second kappa shape index (κ2) is 7.84. The zero-order chi connectivity index (χ0) is 15.1. The monoisotopic (exact) mass is 283 g/mol. The molecule has 2 heteroatoms. The van der Waals surface area contributed by atoms with Crippen LogP contribution < -0.4 is 10.1 Å². The van der Waals surface area contributed by atoms with Crippen molar-refractivity contribution in [2.75, 3.05) is 7.05 Å². The summed E-state index contributed by atoms with van der Waals surface area (Å²) in [7, 11) is 1.96. The van der Waals surface area contributed by atoms with Crippen LogP contribution in [-0.4, -0.2) is 7.05 Å². The normalized spacial score (nSPS) is 12.1.